The lowest BCUT2D eigenvalue weighted by atomic mass is 10.0. The van der Waals surface area contributed by atoms with E-state index in [1.165, 1.54) is 50.5 Å². The molecule has 2 aromatic rings. The Balaban J connectivity index is 1.82. The molecule has 0 amide bonds. The summed E-state index contributed by atoms with van der Waals surface area (Å²) in [6.07, 6.45) is 10.5. The van der Waals surface area contributed by atoms with Crippen LogP contribution in [0.25, 0.3) is 0 Å². The van der Waals surface area contributed by atoms with Crippen molar-refractivity contribution in [2.45, 2.75) is 58.3 Å². The van der Waals surface area contributed by atoms with Crippen LogP contribution in [0.4, 0.5) is 11.4 Å². The predicted octanol–water partition coefficient (Wildman–Crippen LogP) is 7.40. The van der Waals surface area contributed by atoms with Crippen molar-refractivity contribution in [2.75, 3.05) is 0 Å². The molecule has 23 heavy (non-hydrogen) atoms. The van der Waals surface area contributed by atoms with Gasteiger partial charge in [0.15, 0.2) is 0 Å². The Hall–Kier alpha value is -1.96. The molecule has 0 bridgehead atoms. The number of hydrogen-bond donors (Lipinski definition) is 0. The lowest BCUT2D eigenvalue weighted by molar-refractivity contribution is 0.589. The van der Waals surface area contributed by atoms with Crippen molar-refractivity contribution >= 4 is 11.4 Å². The average molecular weight is 308 g/mol. The summed E-state index contributed by atoms with van der Waals surface area (Å²) in [7, 11) is 0. The first-order valence-corrected chi connectivity index (χ1v) is 8.95. The molecular formula is C21H28N2. The molecule has 0 aliphatic carbocycles. The average Bonchev–Trinajstić information content (AvgIpc) is 2.61. The van der Waals surface area contributed by atoms with Crippen LogP contribution in [-0.4, -0.2) is 0 Å². The van der Waals surface area contributed by atoms with E-state index < -0.39 is 0 Å². The molecule has 0 aliphatic rings. The highest BCUT2D eigenvalue weighted by molar-refractivity contribution is 5.46. The Morgan fingerprint density at radius 1 is 0.652 bits per heavy atom. The molecule has 122 valence electrons. The second-order valence-electron chi connectivity index (χ2n) is 6.04. The van der Waals surface area contributed by atoms with Gasteiger partial charge in [-0.3, -0.25) is 0 Å². The highest BCUT2D eigenvalue weighted by atomic mass is 15.1. The number of aryl methyl sites for hydroxylation is 1. The first-order valence-electron chi connectivity index (χ1n) is 8.95. The molecule has 2 rings (SSSR count). The Labute approximate surface area is 140 Å². The fraction of sp³-hybridized carbons (Fsp3) is 0.429. The monoisotopic (exact) mass is 308 g/mol. The van der Waals surface area contributed by atoms with Gasteiger partial charge >= 0.3 is 0 Å². The van der Waals surface area contributed by atoms with Crippen molar-refractivity contribution < 1.29 is 0 Å². The zero-order valence-electron chi connectivity index (χ0n) is 14.2. The van der Waals surface area contributed by atoms with E-state index in [4.69, 9.17) is 0 Å². The zero-order chi connectivity index (χ0) is 16.2. The van der Waals surface area contributed by atoms with Crippen LogP contribution >= 0.6 is 0 Å². The molecule has 0 fully saturated rings. The van der Waals surface area contributed by atoms with Gasteiger partial charge in [-0.05, 0) is 36.6 Å². The predicted molar refractivity (Wildman–Crippen MR) is 98.8 cm³/mol. The van der Waals surface area contributed by atoms with Crippen LogP contribution in [-0.2, 0) is 6.42 Å². The van der Waals surface area contributed by atoms with Crippen LogP contribution < -0.4 is 0 Å². The van der Waals surface area contributed by atoms with Gasteiger partial charge in [0.1, 0.15) is 0 Å². The summed E-state index contributed by atoms with van der Waals surface area (Å²) in [5, 5.41) is 8.78. The summed E-state index contributed by atoms with van der Waals surface area (Å²) in [5.74, 6) is 0. The Bertz CT molecular complexity index is 575. The third-order valence-electron chi connectivity index (χ3n) is 4.07. The standard InChI is InChI=1S/C21H28N2/c1-2-3-4-5-6-7-9-14-19-15-12-13-18-21(19)23-22-20-16-10-8-11-17-20/h8,10-13,15-18H,2-7,9,14H2,1H3. The molecule has 0 spiro atoms. The van der Waals surface area contributed by atoms with Gasteiger partial charge in [0.05, 0.1) is 11.4 Å². The molecule has 0 unspecified atom stereocenters. The van der Waals surface area contributed by atoms with E-state index >= 15 is 0 Å². The minimum absolute atomic E-state index is 0.901. The summed E-state index contributed by atoms with van der Waals surface area (Å²) in [6.45, 7) is 2.26. The summed E-state index contributed by atoms with van der Waals surface area (Å²) in [6, 6.07) is 18.3. The van der Waals surface area contributed by atoms with E-state index in [1.54, 1.807) is 0 Å². The maximum Gasteiger partial charge on any atom is 0.0889 e. The molecule has 2 nitrogen and oxygen atoms in total. The molecule has 2 heteroatoms. The summed E-state index contributed by atoms with van der Waals surface area (Å²) in [5.41, 5.74) is 3.21. The highest BCUT2D eigenvalue weighted by Gasteiger charge is 2.01. The quantitative estimate of drug-likeness (QED) is 0.323. The van der Waals surface area contributed by atoms with E-state index in [0.29, 0.717) is 0 Å². The van der Waals surface area contributed by atoms with Crippen LogP contribution in [0.2, 0.25) is 0 Å². The number of rotatable bonds is 10. The molecular weight excluding hydrogens is 280 g/mol. The Morgan fingerprint density at radius 2 is 1.30 bits per heavy atom. The lowest BCUT2D eigenvalue weighted by Gasteiger charge is -2.05. The first-order chi connectivity index (χ1) is 11.4. The first kappa shape index (κ1) is 17.4. The van der Waals surface area contributed by atoms with Gasteiger partial charge in [-0.15, -0.1) is 0 Å². The van der Waals surface area contributed by atoms with Crippen LogP contribution in [0.5, 0.6) is 0 Å². The van der Waals surface area contributed by atoms with Gasteiger partial charge in [0.25, 0.3) is 0 Å². The van der Waals surface area contributed by atoms with Crippen molar-refractivity contribution in [3.8, 4) is 0 Å². The molecule has 2 aromatic carbocycles. The zero-order valence-corrected chi connectivity index (χ0v) is 14.2. The number of nitrogens with zero attached hydrogens (tertiary/aromatic N) is 2. The van der Waals surface area contributed by atoms with Crippen molar-refractivity contribution in [2.24, 2.45) is 10.2 Å². The van der Waals surface area contributed by atoms with Crippen LogP contribution in [0.1, 0.15) is 57.4 Å². The van der Waals surface area contributed by atoms with Gasteiger partial charge < -0.3 is 0 Å². The minimum Gasteiger partial charge on any atom is -0.151 e. The summed E-state index contributed by atoms with van der Waals surface area (Å²) >= 11 is 0. The summed E-state index contributed by atoms with van der Waals surface area (Å²) < 4.78 is 0. The van der Waals surface area contributed by atoms with Crippen LogP contribution in [0, 0.1) is 0 Å². The number of hydrogen-bond acceptors (Lipinski definition) is 2. The largest absolute Gasteiger partial charge is 0.151 e. The van der Waals surface area contributed by atoms with Gasteiger partial charge in [-0.1, -0.05) is 81.8 Å². The van der Waals surface area contributed by atoms with E-state index in [9.17, 15) is 0 Å². The number of benzene rings is 2. The Kier molecular flexibility index (Phi) is 8.10. The second-order valence-corrected chi connectivity index (χ2v) is 6.04. The maximum atomic E-state index is 4.44. The van der Waals surface area contributed by atoms with Crippen molar-refractivity contribution in [1.82, 2.24) is 0 Å². The second kappa shape index (κ2) is 10.7. The molecule has 0 aliphatic heterocycles. The van der Waals surface area contributed by atoms with E-state index in [2.05, 4.69) is 35.4 Å². The lowest BCUT2D eigenvalue weighted by Crippen LogP contribution is -1.87. The molecule has 0 heterocycles. The smallest absolute Gasteiger partial charge is 0.0889 e. The van der Waals surface area contributed by atoms with Crippen LogP contribution in [0.3, 0.4) is 0 Å². The highest BCUT2D eigenvalue weighted by Crippen LogP contribution is 2.24. The fourth-order valence-electron chi connectivity index (χ4n) is 2.70. The molecule has 0 saturated carbocycles. The van der Waals surface area contributed by atoms with Gasteiger partial charge in [-0.2, -0.15) is 10.2 Å². The van der Waals surface area contributed by atoms with E-state index in [-0.39, 0.29) is 0 Å². The third kappa shape index (κ3) is 6.77. The number of unbranched alkanes of at least 4 members (excludes halogenated alkanes) is 6. The van der Waals surface area contributed by atoms with Crippen LogP contribution in [0.15, 0.2) is 64.8 Å². The minimum atomic E-state index is 0.901. The van der Waals surface area contributed by atoms with Crippen molar-refractivity contribution in [3.05, 3.63) is 60.2 Å². The van der Waals surface area contributed by atoms with Gasteiger partial charge in [-0.25, -0.2) is 0 Å². The normalized spacial score (nSPS) is 11.2. The van der Waals surface area contributed by atoms with Crippen molar-refractivity contribution in [1.29, 1.82) is 0 Å². The van der Waals surface area contributed by atoms with E-state index in [0.717, 1.165) is 17.8 Å². The molecule has 0 aromatic heterocycles. The molecule has 0 atom stereocenters. The van der Waals surface area contributed by atoms with Gasteiger partial charge in [0, 0.05) is 0 Å². The maximum absolute atomic E-state index is 4.44. The molecule has 0 radical (unpaired) electrons. The molecule has 0 N–H and O–H groups in total. The SMILES string of the molecule is CCCCCCCCCc1ccccc1N=Nc1ccccc1. The third-order valence-corrected chi connectivity index (χ3v) is 4.07. The topological polar surface area (TPSA) is 24.7 Å². The summed E-state index contributed by atoms with van der Waals surface area (Å²) in [4.78, 5) is 0. The van der Waals surface area contributed by atoms with Crippen molar-refractivity contribution in [3.63, 3.8) is 0 Å². The number of azo groups is 1. The van der Waals surface area contributed by atoms with E-state index in [1.807, 2.05) is 36.4 Å². The molecule has 0 saturated heterocycles. The fourth-order valence-corrected chi connectivity index (χ4v) is 2.70. The Morgan fingerprint density at radius 3 is 2.09 bits per heavy atom. The van der Waals surface area contributed by atoms with Gasteiger partial charge in [0.2, 0.25) is 0 Å².